The summed E-state index contributed by atoms with van der Waals surface area (Å²) in [6, 6.07) is 12.4. The molecule has 2 aliphatic rings. The standard InChI is InChI=1S/C26H23N3O5/c1-15-3-5-20(30)18(13-15)29-23(16-7-9-27-10-8-16)22(25(32)26(29)33)24(31)17-4-6-21-19(14-17)28(2)11-12-34-21/h3-10,13-14,23,30-31H,11-12H2,1-2H3/b24-22-. The number of Topliss-reactive ketones (excluding diaryl/α,β-unsaturated/α-hetero) is 1. The number of ketones is 1. The minimum absolute atomic E-state index is 0.0589. The normalized spacial score (nSPS) is 19.2. The Labute approximate surface area is 196 Å². The Kier molecular flexibility index (Phi) is 5.20. The van der Waals surface area contributed by atoms with Gasteiger partial charge >= 0.3 is 0 Å². The van der Waals surface area contributed by atoms with Gasteiger partial charge in [0.25, 0.3) is 11.7 Å². The molecule has 1 amide bonds. The van der Waals surface area contributed by atoms with Crippen LogP contribution in [0.1, 0.15) is 22.7 Å². The predicted molar refractivity (Wildman–Crippen MR) is 127 cm³/mol. The lowest BCUT2D eigenvalue weighted by Gasteiger charge is -2.28. The maximum absolute atomic E-state index is 13.3. The van der Waals surface area contributed by atoms with Crippen LogP contribution in [0.4, 0.5) is 11.4 Å². The zero-order valence-corrected chi connectivity index (χ0v) is 18.7. The summed E-state index contributed by atoms with van der Waals surface area (Å²) in [6.07, 6.45) is 3.10. The van der Waals surface area contributed by atoms with E-state index in [0.717, 1.165) is 11.3 Å². The Hall–Kier alpha value is -4.33. The summed E-state index contributed by atoms with van der Waals surface area (Å²) < 4.78 is 5.68. The molecule has 5 rings (SSSR count). The van der Waals surface area contributed by atoms with Crippen LogP contribution in [0.2, 0.25) is 0 Å². The van der Waals surface area contributed by atoms with E-state index in [9.17, 15) is 19.8 Å². The number of carbonyl (C=O) groups is 2. The fraction of sp³-hybridized carbons (Fsp3) is 0.192. The van der Waals surface area contributed by atoms with Crippen molar-refractivity contribution in [2.75, 3.05) is 30.0 Å². The van der Waals surface area contributed by atoms with E-state index in [-0.39, 0.29) is 22.8 Å². The molecule has 1 atom stereocenters. The lowest BCUT2D eigenvalue weighted by Crippen LogP contribution is -2.29. The van der Waals surface area contributed by atoms with Gasteiger partial charge in [0.2, 0.25) is 0 Å². The highest BCUT2D eigenvalue weighted by molar-refractivity contribution is 6.52. The molecule has 3 heterocycles. The van der Waals surface area contributed by atoms with Gasteiger partial charge in [-0.3, -0.25) is 19.5 Å². The SMILES string of the molecule is Cc1ccc(O)c(N2C(=O)C(=O)/C(=C(\O)c3ccc4c(c3)N(C)CCO4)C2c2ccncc2)c1. The maximum Gasteiger partial charge on any atom is 0.300 e. The Morgan fingerprint density at radius 2 is 1.82 bits per heavy atom. The quantitative estimate of drug-likeness (QED) is 0.352. The number of phenolic OH excluding ortho intramolecular Hbond substituents is 1. The monoisotopic (exact) mass is 457 g/mol. The summed E-state index contributed by atoms with van der Waals surface area (Å²) in [7, 11) is 1.92. The molecule has 34 heavy (non-hydrogen) atoms. The number of aryl methyl sites for hydroxylation is 1. The number of benzene rings is 2. The highest BCUT2D eigenvalue weighted by Crippen LogP contribution is 2.45. The Morgan fingerprint density at radius 3 is 2.59 bits per heavy atom. The minimum atomic E-state index is -0.944. The van der Waals surface area contributed by atoms with Gasteiger partial charge in [-0.05, 0) is 60.5 Å². The smallest absolute Gasteiger partial charge is 0.300 e. The van der Waals surface area contributed by atoms with Gasteiger partial charge in [0, 0.05) is 25.0 Å². The summed E-state index contributed by atoms with van der Waals surface area (Å²) in [6.45, 7) is 3.07. The molecule has 172 valence electrons. The molecule has 1 saturated heterocycles. The number of ether oxygens (including phenoxy) is 1. The number of anilines is 2. The highest BCUT2D eigenvalue weighted by atomic mass is 16.5. The van der Waals surface area contributed by atoms with E-state index in [2.05, 4.69) is 4.98 Å². The van der Waals surface area contributed by atoms with Crippen LogP contribution in [0, 0.1) is 6.92 Å². The molecule has 2 aromatic carbocycles. The van der Waals surface area contributed by atoms with E-state index >= 15 is 0 Å². The number of hydrogen-bond donors (Lipinski definition) is 2. The van der Waals surface area contributed by atoms with Crippen LogP contribution in [-0.4, -0.2) is 47.1 Å². The summed E-state index contributed by atoms with van der Waals surface area (Å²) in [5, 5.41) is 21.9. The largest absolute Gasteiger partial charge is 0.507 e. The molecule has 0 radical (unpaired) electrons. The van der Waals surface area contributed by atoms with Crippen molar-refractivity contribution in [2.45, 2.75) is 13.0 Å². The Balaban J connectivity index is 1.72. The second kappa shape index (κ2) is 8.22. The van der Waals surface area contributed by atoms with Crippen LogP contribution in [0.25, 0.3) is 5.76 Å². The van der Waals surface area contributed by atoms with E-state index in [1.54, 1.807) is 54.9 Å². The number of pyridine rings is 1. The second-order valence-electron chi connectivity index (χ2n) is 8.39. The first-order valence-electron chi connectivity index (χ1n) is 10.9. The Morgan fingerprint density at radius 1 is 1.06 bits per heavy atom. The third-order valence-electron chi connectivity index (χ3n) is 6.18. The molecule has 1 fully saturated rings. The third kappa shape index (κ3) is 3.44. The highest BCUT2D eigenvalue weighted by Gasteiger charge is 2.47. The van der Waals surface area contributed by atoms with Gasteiger partial charge in [0.15, 0.2) is 0 Å². The number of aliphatic hydroxyl groups is 1. The van der Waals surface area contributed by atoms with E-state index in [4.69, 9.17) is 4.74 Å². The molecule has 1 unspecified atom stereocenters. The van der Waals surface area contributed by atoms with E-state index < -0.39 is 17.7 Å². The van der Waals surface area contributed by atoms with Gasteiger partial charge in [-0.25, -0.2) is 0 Å². The molecule has 1 aromatic heterocycles. The van der Waals surface area contributed by atoms with Gasteiger partial charge in [-0.2, -0.15) is 0 Å². The number of amides is 1. The summed E-state index contributed by atoms with van der Waals surface area (Å²) in [5.74, 6) is -1.41. The van der Waals surface area contributed by atoms with E-state index in [0.29, 0.717) is 30.0 Å². The van der Waals surface area contributed by atoms with Crippen LogP contribution in [-0.2, 0) is 9.59 Å². The number of rotatable bonds is 3. The lowest BCUT2D eigenvalue weighted by atomic mass is 9.95. The maximum atomic E-state index is 13.3. The van der Waals surface area contributed by atoms with Crippen molar-refractivity contribution in [1.82, 2.24) is 4.98 Å². The molecule has 0 spiro atoms. The molecule has 8 heteroatoms. The zero-order valence-electron chi connectivity index (χ0n) is 18.7. The first kappa shape index (κ1) is 21.5. The first-order chi connectivity index (χ1) is 16.4. The molecule has 3 aromatic rings. The fourth-order valence-electron chi connectivity index (χ4n) is 4.42. The number of aliphatic hydroxyl groups excluding tert-OH is 1. The van der Waals surface area contributed by atoms with E-state index in [1.807, 2.05) is 18.9 Å². The number of carbonyl (C=O) groups excluding carboxylic acids is 2. The number of phenols is 1. The predicted octanol–water partition coefficient (Wildman–Crippen LogP) is 3.55. The number of likely N-dealkylation sites (N-methyl/N-ethyl adjacent to an activating group) is 1. The van der Waals surface area contributed by atoms with Crippen molar-refractivity contribution in [2.24, 2.45) is 0 Å². The average Bonchev–Trinajstić information content (AvgIpc) is 3.11. The van der Waals surface area contributed by atoms with Crippen molar-refractivity contribution in [3.05, 3.63) is 83.2 Å². The Bertz CT molecular complexity index is 1340. The van der Waals surface area contributed by atoms with Gasteiger partial charge in [0.05, 0.1) is 29.5 Å². The molecular weight excluding hydrogens is 434 g/mol. The van der Waals surface area contributed by atoms with Crippen molar-refractivity contribution >= 4 is 28.8 Å². The topological polar surface area (TPSA) is 103 Å². The summed E-state index contributed by atoms with van der Waals surface area (Å²) in [4.78, 5) is 33.8. The van der Waals surface area contributed by atoms with Crippen molar-refractivity contribution in [1.29, 1.82) is 0 Å². The summed E-state index contributed by atoms with van der Waals surface area (Å²) in [5.41, 5.74) is 2.69. The second-order valence-corrected chi connectivity index (χ2v) is 8.39. The van der Waals surface area contributed by atoms with Gasteiger partial charge in [-0.15, -0.1) is 0 Å². The zero-order chi connectivity index (χ0) is 24.0. The van der Waals surface area contributed by atoms with Crippen molar-refractivity contribution in [3.63, 3.8) is 0 Å². The van der Waals surface area contributed by atoms with E-state index in [1.165, 1.54) is 11.0 Å². The molecule has 2 aliphatic heterocycles. The van der Waals surface area contributed by atoms with Crippen LogP contribution in [0.3, 0.4) is 0 Å². The number of aromatic hydroxyl groups is 1. The molecular formula is C26H23N3O5. The number of fused-ring (bicyclic) bond motifs is 1. The van der Waals surface area contributed by atoms with Crippen molar-refractivity contribution < 1.29 is 24.5 Å². The molecule has 0 saturated carbocycles. The number of aromatic nitrogens is 1. The average molecular weight is 457 g/mol. The van der Waals surface area contributed by atoms with Crippen LogP contribution < -0.4 is 14.5 Å². The molecule has 0 aliphatic carbocycles. The minimum Gasteiger partial charge on any atom is -0.507 e. The van der Waals surface area contributed by atoms with Crippen LogP contribution in [0.5, 0.6) is 11.5 Å². The fourth-order valence-corrected chi connectivity index (χ4v) is 4.42. The number of hydrogen-bond acceptors (Lipinski definition) is 7. The van der Waals surface area contributed by atoms with Crippen molar-refractivity contribution in [3.8, 4) is 11.5 Å². The van der Waals surface area contributed by atoms with Gasteiger partial charge in [0.1, 0.15) is 23.9 Å². The molecule has 0 bridgehead atoms. The lowest BCUT2D eigenvalue weighted by molar-refractivity contribution is -0.132. The van der Waals surface area contributed by atoms with Crippen LogP contribution in [0.15, 0.2) is 66.5 Å². The molecule has 2 N–H and O–H groups in total. The first-order valence-corrected chi connectivity index (χ1v) is 10.9. The summed E-state index contributed by atoms with van der Waals surface area (Å²) >= 11 is 0. The number of nitrogens with zero attached hydrogens (tertiary/aromatic N) is 3. The molecule has 8 nitrogen and oxygen atoms in total. The third-order valence-corrected chi connectivity index (χ3v) is 6.18. The van der Waals surface area contributed by atoms with Gasteiger partial charge < -0.3 is 19.8 Å². The van der Waals surface area contributed by atoms with Gasteiger partial charge in [-0.1, -0.05) is 6.07 Å². The van der Waals surface area contributed by atoms with Crippen LogP contribution >= 0.6 is 0 Å².